The summed E-state index contributed by atoms with van der Waals surface area (Å²) >= 11 is 0. The number of hydrogen-bond donors (Lipinski definition) is 1. The van der Waals surface area contributed by atoms with Crippen molar-refractivity contribution in [1.29, 1.82) is 5.26 Å². The Morgan fingerprint density at radius 2 is 2.30 bits per heavy atom. The third-order valence-electron chi connectivity index (χ3n) is 6.72. The van der Waals surface area contributed by atoms with E-state index < -0.39 is 5.54 Å². The highest BCUT2D eigenvalue weighted by molar-refractivity contribution is 5.86. The van der Waals surface area contributed by atoms with Gasteiger partial charge in [-0.15, -0.1) is 0 Å². The van der Waals surface area contributed by atoms with Crippen molar-refractivity contribution < 1.29 is 14.3 Å². The molecule has 4 rings (SSSR count). The number of aryl methyl sites for hydroxylation is 1. The van der Waals surface area contributed by atoms with Crippen LogP contribution in [0.25, 0.3) is 0 Å². The van der Waals surface area contributed by atoms with Crippen molar-refractivity contribution in [3.8, 4) is 11.8 Å². The van der Waals surface area contributed by atoms with Crippen molar-refractivity contribution in [2.45, 2.75) is 38.1 Å². The van der Waals surface area contributed by atoms with Crippen LogP contribution in [0, 0.1) is 29.1 Å². The van der Waals surface area contributed by atoms with E-state index in [1.165, 1.54) is 11.1 Å². The van der Waals surface area contributed by atoms with Crippen LogP contribution in [0.15, 0.2) is 18.2 Å². The molecule has 1 aromatic rings. The number of carbonyl (C=O) groups excluding carboxylic acids is 2. The van der Waals surface area contributed by atoms with E-state index in [-0.39, 0.29) is 36.1 Å². The number of rotatable bonds is 3. The summed E-state index contributed by atoms with van der Waals surface area (Å²) in [5.74, 6) is 0.726. The van der Waals surface area contributed by atoms with Gasteiger partial charge >= 0.3 is 0 Å². The first kappa shape index (κ1) is 17.8. The molecule has 27 heavy (non-hydrogen) atoms. The maximum absolute atomic E-state index is 12.9. The molecule has 1 saturated carbocycles. The monoisotopic (exact) mass is 367 g/mol. The topological polar surface area (TPSA) is 82.4 Å². The molecule has 2 heterocycles. The lowest BCUT2D eigenvalue weighted by atomic mass is 9.76. The first-order chi connectivity index (χ1) is 13.0. The summed E-state index contributed by atoms with van der Waals surface area (Å²) in [6, 6.07) is 8.12. The highest BCUT2D eigenvalue weighted by Crippen LogP contribution is 2.60. The van der Waals surface area contributed by atoms with E-state index in [2.05, 4.69) is 24.4 Å². The van der Waals surface area contributed by atoms with Crippen LogP contribution in [-0.4, -0.2) is 36.9 Å². The number of ether oxygens (including phenoxy) is 1. The molecule has 1 saturated heterocycles. The maximum atomic E-state index is 12.9. The fourth-order valence-corrected chi connectivity index (χ4v) is 5.81. The molecule has 6 nitrogen and oxygen atoms in total. The molecule has 1 N–H and O–H groups in total. The van der Waals surface area contributed by atoms with Crippen molar-refractivity contribution in [1.82, 2.24) is 10.2 Å². The Bertz CT molecular complexity index is 830. The predicted molar refractivity (Wildman–Crippen MR) is 98.7 cm³/mol. The third kappa shape index (κ3) is 2.52. The number of fused-ring (bicyclic) bond motifs is 1. The Hall–Kier alpha value is -2.55. The molecular weight excluding hydrogens is 342 g/mol. The van der Waals surface area contributed by atoms with Crippen LogP contribution in [0.2, 0.25) is 0 Å². The summed E-state index contributed by atoms with van der Waals surface area (Å²) in [7, 11) is 1.66. The van der Waals surface area contributed by atoms with Gasteiger partial charge < -0.3 is 15.0 Å². The lowest BCUT2D eigenvalue weighted by Crippen LogP contribution is -2.45. The van der Waals surface area contributed by atoms with Crippen molar-refractivity contribution in [3.05, 3.63) is 29.3 Å². The Balaban J connectivity index is 1.82. The van der Waals surface area contributed by atoms with Crippen LogP contribution >= 0.6 is 0 Å². The second-order valence-electron chi connectivity index (χ2n) is 7.99. The van der Waals surface area contributed by atoms with Crippen LogP contribution in [0.5, 0.6) is 5.75 Å². The normalized spacial score (nSPS) is 31.4. The molecule has 4 atom stereocenters. The lowest BCUT2D eigenvalue weighted by Gasteiger charge is -2.39. The molecule has 6 heteroatoms. The second-order valence-corrected chi connectivity index (χ2v) is 7.99. The van der Waals surface area contributed by atoms with Gasteiger partial charge in [-0.2, -0.15) is 5.26 Å². The van der Waals surface area contributed by atoms with E-state index >= 15 is 0 Å². The average molecular weight is 367 g/mol. The molecule has 2 amide bonds. The van der Waals surface area contributed by atoms with Crippen LogP contribution in [0.4, 0.5) is 0 Å². The zero-order valence-electron chi connectivity index (χ0n) is 15.8. The van der Waals surface area contributed by atoms with Gasteiger partial charge in [-0.1, -0.05) is 13.0 Å². The average Bonchev–Trinajstić information content (AvgIpc) is 3.01. The first-order valence-electron chi connectivity index (χ1n) is 9.65. The Labute approximate surface area is 159 Å². The number of nitrogens with zero attached hydrogens (tertiary/aromatic N) is 2. The molecule has 2 unspecified atom stereocenters. The van der Waals surface area contributed by atoms with Crippen LogP contribution in [-0.2, 0) is 21.5 Å². The van der Waals surface area contributed by atoms with Crippen molar-refractivity contribution >= 4 is 11.8 Å². The van der Waals surface area contributed by atoms with E-state index in [4.69, 9.17) is 10.00 Å². The molecule has 1 spiro atoms. The number of hydrogen-bond acceptors (Lipinski definition) is 4. The number of nitriles is 1. The van der Waals surface area contributed by atoms with Crippen LogP contribution in [0.3, 0.4) is 0 Å². The first-order valence-corrected chi connectivity index (χ1v) is 9.65. The van der Waals surface area contributed by atoms with Crippen molar-refractivity contribution in [3.63, 3.8) is 0 Å². The standard InChI is InChI=1S/C21H25N3O3/c1-13-12-21-16-6-5-15(27-2)10-14(16)4-3-9-24(21)18(25)11-17(21)19(13)20(26)23-8-7-22/h5-6,10,13,17,19H,3-4,8-9,11-12H2,1-2H3,(H,23,26)/t13-,17?,19+,21?/m0/s1. The minimum atomic E-state index is -0.413. The smallest absolute Gasteiger partial charge is 0.224 e. The highest BCUT2D eigenvalue weighted by Gasteiger charge is 2.64. The Morgan fingerprint density at radius 3 is 3.04 bits per heavy atom. The van der Waals surface area contributed by atoms with Gasteiger partial charge in [0.05, 0.1) is 18.7 Å². The largest absolute Gasteiger partial charge is 0.497 e. The predicted octanol–water partition coefficient (Wildman–Crippen LogP) is 1.98. The van der Waals surface area contributed by atoms with Gasteiger partial charge in [0.15, 0.2) is 0 Å². The van der Waals surface area contributed by atoms with E-state index in [0.717, 1.165) is 31.6 Å². The summed E-state index contributed by atoms with van der Waals surface area (Å²) in [4.78, 5) is 27.8. The van der Waals surface area contributed by atoms with Gasteiger partial charge in [-0.05, 0) is 48.4 Å². The Kier molecular flexibility index (Phi) is 4.33. The second kappa shape index (κ2) is 6.56. The number of carbonyl (C=O) groups is 2. The zero-order valence-corrected chi connectivity index (χ0v) is 15.8. The summed E-state index contributed by atoms with van der Waals surface area (Å²) in [5, 5.41) is 11.5. The van der Waals surface area contributed by atoms with Gasteiger partial charge in [0.2, 0.25) is 11.8 Å². The zero-order chi connectivity index (χ0) is 19.2. The maximum Gasteiger partial charge on any atom is 0.224 e. The molecule has 1 aliphatic carbocycles. The van der Waals surface area contributed by atoms with Gasteiger partial charge in [-0.25, -0.2) is 0 Å². The van der Waals surface area contributed by atoms with E-state index in [1.54, 1.807) is 7.11 Å². The lowest BCUT2D eigenvalue weighted by molar-refractivity contribution is -0.131. The number of amides is 2. The molecule has 142 valence electrons. The minimum Gasteiger partial charge on any atom is -0.497 e. The molecule has 0 radical (unpaired) electrons. The number of benzene rings is 1. The Morgan fingerprint density at radius 1 is 1.48 bits per heavy atom. The van der Waals surface area contributed by atoms with Gasteiger partial charge in [0.1, 0.15) is 12.3 Å². The highest BCUT2D eigenvalue weighted by atomic mass is 16.5. The van der Waals surface area contributed by atoms with Crippen molar-refractivity contribution in [2.75, 3.05) is 20.2 Å². The third-order valence-corrected chi connectivity index (χ3v) is 6.72. The molecule has 2 aliphatic heterocycles. The van der Waals surface area contributed by atoms with Crippen molar-refractivity contribution in [2.24, 2.45) is 17.8 Å². The van der Waals surface area contributed by atoms with Gasteiger partial charge in [-0.3, -0.25) is 9.59 Å². The van der Waals surface area contributed by atoms with Crippen LogP contribution in [0.1, 0.15) is 37.3 Å². The van der Waals surface area contributed by atoms with Gasteiger partial charge in [0, 0.05) is 24.8 Å². The summed E-state index contributed by atoms with van der Waals surface area (Å²) < 4.78 is 5.41. The van der Waals surface area contributed by atoms with E-state index in [9.17, 15) is 9.59 Å². The van der Waals surface area contributed by atoms with Gasteiger partial charge in [0.25, 0.3) is 0 Å². The summed E-state index contributed by atoms with van der Waals surface area (Å²) in [6.45, 7) is 2.83. The number of methoxy groups -OCH3 is 1. The number of nitrogens with one attached hydrogen (secondary N) is 1. The van der Waals surface area contributed by atoms with Crippen LogP contribution < -0.4 is 10.1 Å². The SMILES string of the molecule is COc1ccc2c(c1)CCCN1C(=O)CC3[C@H](C(=O)NCC#N)[C@@H](C)CC231. The summed E-state index contributed by atoms with van der Waals surface area (Å²) in [5.41, 5.74) is 1.99. The molecule has 0 bridgehead atoms. The summed E-state index contributed by atoms with van der Waals surface area (Å²) in [6.07, 6.45) is 3.01. The fraction of sp³-hybridized carbons (Fsp3) is 0.571. The molecule has 3 aliphatic rings. The molecular formula is C21H25N3O3. The fourth-order valence-electron chi connectivity index (χ4n) is 5.81. The molecule has 1 aromatic carbocycles. The molecule has 2 fully saturated rings. The van der Waals surface area contributed by atoms with E-state index in [1.807, 2.05) is 17.0 Å². The minimum absolute atomic E-state index is 0.00716. The molecule has 0 aromatic heterocycles. The van der Waals surface area contributed by atoms with E-state index in [0.29, 0.717) is 6.42 Å². The quantitative estimate of drug-likeness (QED) is 0.828.